The van der Waals surface area contributed by atoms with Gasteiger partial charge in [-0.3, -0.25) is 0 Å². The van der Waals surface area contributed by atoms with E-state index in [0.29, 0.717) is 11.2 Å². The summed E-state index contributed by atoms with van der Waals surface area (Å²) in [6.45, 7) is 2.98. The van der Waals surface area contributed by atoms with Crippen molar-refractivity contribution >= 4 is 11.8 Å². The predicted octanol–water partition coefficient (Wildman–Crippen LogP) is 2.56. The Hall–Kier alpha value is -0.550. The Morgan fingerprint density at radius 1 is 1.53 bits per heavy atom. The standard InChI is InChI=1S/C12H21N3OS/c1-9(6-7-13)4-5-11-14-12(15-16-11)10-3-2-8-17-10/h9-10H,2-8,13H2,1H3. The van der Waals surface area contributed by atoms with Gasteiger partial charge in [0.15, 0.2) is 5.82 Å². The van der Waals surface area contributed by atoms with Gasteiger partial charge in [0, 0.05) is 6.42 Å². The maximum Gasteiger partial charge on any atom is 0.226 e. The molecule has 0 aliphatic carbocycles. The first kappa shape index (κ1) is 12.9. The van der Waals surface area contributed by atoms with Gasteiger partial charge in [-0.25, -0.2) is 0 Å². The summed E-state index contributed by atoms with van der Waals surface area (Å²) in [4.78, 5) is 4.49. The molecule has 17 heavy (non-hydrogen) atoms. The van der Waals surface area contributed by atoms with Crippen LogP contribution in [0.15, 0.2) is 4.52 Å². The Labute approximate surface area is 107 Å². The van der Waals surface area contributed by atoms with Gasteiger partial charge in [0.25, 0.3) is 0 Å². The first-order valence-corrected chi connectivity index (χ1v) is 7.48. The first-order chi connectivity index (χ1) is 8.29. The molecule has 96 valence electrons. The summed E-state index contributed by atoms with van der Waals surface area (Å²) < 4.78 is 5.30. The highest BCUT2D eigenvalue weighted by molar-refractivity contribution is 7.99. The number of hydrogen-bond donors (Lipinski definition) is 1. The summed E-state index contributed by atoms with van der Waals surface area (Å²) >= 11 is 1.94. The molecule has 0 radical (unpaired) electrons. The van der Waals surface area contributed by atoms with Crippen LogP contribution in [-0.2, 0) is 6.42 Å². The molecule has 4 nitrogen and oxygen atoms in total. The van der Waals surface area contributed by atoms with Gasteiger partial charge in [-0.2, -0.15) is 16.7 Å². The van der Waals surface area contributed by atoms with Crippen molar-refractivity contribution in [3.63, 3.8) is 0 Å². The Morgan fingerprint density at radius 2 is 2.41 bits per heavy atom. The second-order valence-corrected chi connectivity index (χ2v) is 6.08. The molecule has 1 saturated heterocycles. The van der Waals surface area contributed by atoms with Crippen molar-refractivity contribution in [3.8, 4) is 0 Å². The second kappa shape index (κ2) is 6.40. The van der Waals surface area contributed by atoms with Crippen LogP contribution >= 0.6 is 11.8 Å². The van der Waals surface area contributed by atoms with Crippen LogP contribution in [0.25, 0.3) is 0 Å². The van der Waals surface area contributed by atoms with E-state index >= 15 is 0 Å². The van der Waals surface area contributed by atoms with E-state index in [-0.39, 0.29) is 0 Å². The molecule has 0 bridgehead atoms. The van der Waals surface area contributed by atoms with Gasteiger partial charge in [-0.15, -0.1) is 0 Å². The van der Waals surface area contributed by atoms with E-state index in [1.54, 1.807) is 0 Å². The van der Waals surface area contributed by atoms with Gasteiger partial charge < -0.3 is 10.3 Å². The highest BCUT2D eigenvalue weighted by Crippen LogP contribution is 2.38. The normalized spacial score (nSPS) is 21.9. The largest absolute Gasteiger partial charge is 0.339 e. The molecule has 2 N–H and O–H groups in total. The molecule has 2 unspecified atom stereocenters. The number of aromatic nitrogens is 2. The molecule has 2 rings (SSSR count). The fraction of sp³-hybridized carbons (Fsp3) is 0.833. The minimum absolute atomic E-state index is 0.467. The lowest BCUT2D eigenvalue weighted by atomic mass is 10.0. The summed E-state index contributed by atoms with van der Waals surface area (Å²) in [5.41, 5.74) is 5.53. The third-order valence-corrected chi connectivity index (χ3v) is 4.59. The van der Waals surface area contributed by atoms with Gasteiger partial charge >= 0.3 is 0 Å². The van der Waals surface area contributed by atoms with Crippen LogP contribution in [0.4, 0.5) is 0 Å². The highest BCUT2D eigenvalue weighted by atomic mass is 32.2. The van der Waals surface area contributed by atoms with Crippen LogP contribution in [-0.4, -0.2) is 22.4 Å². The minimum atomic E-state index is 0.467. The van der Waals surface area contributed by atoms with Crippen LogP contribution in [0.3, 0.4) is 0 Å². The maximum absolute atomic E-state index is 5.53. The fourth-order valence-electron chi connectivity index (χ4n) is 2.08. The zero-order chi connectivity index (χ0) is 12.1. The average molecular weight is 255 g/mol. The zero-order valence-corrected chi connectivity index (χ0v) is 11.2. The molecule has 2 heterocycles. The molecular formula is C12H21N3OS. The van der Waals surface area contributed by atoms with Crippen molar-refractivity contribution in [3.05, 3.63) is 11.7 Å². The van der Waals surface area contributed by atoms with E-state index in [2.05, 4.69) is 17.1 Å². The van der Waals surface area contributed by atoms with E-state index < -0.39 is 0 Å². The number of nitrogens with zero attached hydrogens (tertiary/aromatic N) is 2. The molecule has 1 fully saturated rings. The molecule has 0 saturated carbocycles. The van der Waals surface area contributed by atoms with Crippen molar-refractivity contribution < 1.29 is 4.52 Å². The molecule has 2 atom stereocenters. The topological polar surface area (TPSA) is 64.9 Å². The lowest BCUT2D eigenvalue weighted by molar-refractivity contribution is 0.358. The summed E-state index contributed by atoms with van der Waals surface area (Å²) in [5.74, 6) is 3.55. The maximum atomic E-state index is 5.53. The Balaban J connectivity index is 1.81. The molecular weight excluding hydrogens is 234 g/mol. The van der Waals surface area contributed by atoms with Crippen molar-refractivity contribution in [2.75, 3.05) is 12.3 Å². The molecule has 0 amide bonds. The van der Waals surface area contributed by atoms with Crippen molar-refractivity contribution in [1.82, 2.24) is 10.1 Å². The summed E-state index contributed by atoms with van der Waals surface area (Å²) in [6.07, 6.45) is 5.49. The van der Waals surface area contributed by atoms with Gasteiger partial charge in [-0.1, -0.05) is 12.1 Å². The molecule has 1 aromatic heterocycles. The van der Waals surface area contributed by atoms with Crippen LogP contribution in [0.1, 0.15) is 49.6 Å². The molecule has 1 aliphatic rings. The Bertz CT molecular complexity index is 336. The first-order valence-electron chi connectivity index (χ1n) is 6.43. The monoisotopic (exact) mass is 255 g/mol. The summed E-state index contributed by atoms with van der Waals surface area (Å²) in [7, 11) is 0. The van der Waals surface area contributed by atoms with Crippen molar-refractivity contribution in [1.29, 1.82) is 0 Å². The minimum Gasteiger partial charge on any atom is -0.339 e. The van der Waals surface area contributed by atoms with Crippen LogP contribution < -0.4 is 5.73 Å². The SMILES string of the molecule is CC(CCN)CCc1nc(C2CCCS2)no1. The lowest BCUT2D eigenvalue weighted by Crippen LogP contribution is -2.06. The Kier molecular flexibility index (Phi) is 4.86. The lowest BCUT2D eigenvalue weighted by Gasteiger charge is -2.06. The fourth-order valence-corrected chi connectivity index (χ4v) is 3.28. The molecule has 1 aromatic rings. The predicted molar refractivity (Wildman–Crippen MR) is 69.9 cm³/mol. The Morgan fingerprint density at radius 3 is 3.12 bits per heavy atom. The molecule has 1 aliphatic heterocycles. The molecule has 0 aromatic carbocycles. The summed E-state index contributed by atoms with van der Waals surface area (Å²) in [6, 6.07) is 0. The number of aryl methyl sites for hydroxylation is 1. The second-order valence-electron chi connectivity index (χ2n) is 4.77. The van der Waals surface area contributed by atoms with E-state index in [1.165, 1.54) is 18.6 Å². The smallest absolute Gasteiger partial charge is 0.226 e. The van der Waals surface area contributed by atoms with Gasteiger partial charge in [0.2, 0.25) is 5.89 Å². The van der Waals surface area contributed by atoms with Crippen molar-refractivity contribution in [2.45, 2.75) is 44.3 Å². The highest BCUT2D eigenvalue weighted by Gasteiger charge is 2.22. The molecule has 5 heteroatoms. The van der Waals surface area contributed by atoms with Crippen molar-refractivity contribution in [2.24, 2.45) is 11.7 Å². The third-order valence-electron chi connectivity index (χ3n) is 3.21. The third kappa shape index (κ3) is 3.71. The number of thioether (sulfide) groups is 1. The van der Waals surface area contributed by atoms with Gasteiger partial charge in [-0.05, 0) is 43.9 Å². The van der Waals surface area contributed by atoms with E-state index in [0.717, 1.165) is 37.5 Å². The van der Waals surface area contributed by atoms with E-state index in [4.69, 9.17) is 10.3 Å². The number of rotatable bonds is 6. The van der Waals surface area contributed by atoms with Gasteiger partial charge in [0.1, 0.15) is 0 Å². The average Bonchev–Trinajstić information content (AvgIpc) is 2.97. The van der Waals surface area contributed by atoms with Crippen LogP contribution in [0.2, 0.25) is 0 Å². The van der Waals surface area contributed by atoms with Crippen LogP contribution in [0, 0.1) is 5.92 Å². The zero-order valence-electron chi connectivity index (χ0n) is 10.4. The van der Waals surface area contributed by atoms with Gasteiger partial charge in [0.05, 0.1) is 5.25 Å². The van der Waals surface area contributed by atoms with Crippen LogP contribution in [0.5, 0.6) is 0 Å². The quantitative estimate of drug-likeness (QED) is 0.846. The number of nitrogens with two attached hydrogens (primary N) is 1. The van der Waals surface area contributed by atoms with E-state index in [1.807, 2.05) is 11.8 Å². The summed E-state index contributed by atoms with van der Waals surface area (Å²) in [5, 5.41) is 4.56. The molecule has 0 spiro atoms. The number of hydrogen-bond acceptors (Lipinski definition) is 5. The van der Waals surface area contributed by atoms with E-state index in [9.17, 15) is 0 Å².